The van der Waals surface area contributed by atoms with Gasteiger partial charge < -0.3 is 5.48 Å². The van der Waals surface area contributed by atoms with Crippen molar-refractivity contribution in [1.29, 1.82) is 0 Å². The molecule has 0 fully saturated rings. The fourth-order valence-electron chi connectivity index (χ4n) is 0. The van der Waals surface area contributed by atoms with Gasteiger partial charge in [-0.3, -0.25) is 0 Å². The van der Waals surface area contributed by atoms with E-state index < -0.39 is 18.6 Å². The van der Waals surface area contributed by atoms with Crippen molar-refractivity contribution in [3.8, 4) is 0 Å². The third kappa shape index (κ3) is 42.7. The molecule has 0 saturated heterocycles. The molecule has 0 aromatic heterocycles. The van der Waals surface area contributed by atoms with Gasteiger partial charge in [-0.2, -0.15) is 0 Å². The summed E-state index contributed by atoms with van der Waals surface area (Å²) in [7, 11) is 5.47. The fourth-order valence-corrected chi connectivity index (χ4v) is 0. The van der Waals surface area contributed by atoms with Gasteiger partial charge in [-0.05, 0) is 0 Å². The average molecular weight is 202 g/mol. The van der Waals surface area contributed by atoms with Gasteiger partial charge in [0.15, 0.2) is 0 Å². The number of hydrogen-bond donors (Lipinski definition) is 0. The van der Waals surface area contributed by atoms with Gasteiger partial charge in [0.2, 0.25) is 0 Å². The summed E-state index contributed by atoms with van der Waals surface area (Å²) in [6, 6.07) is 0. The van der Waals surface area contributed by atoms with Crippen molar-refractivity contribution in [2.24, 2.45) is 0 Å². The Kier molecular flexibility index (Phi) is 9.50. The third-order valence-electron chi connectivity index (χ3n) is 0. The molecule has 5 heavy (non-hydrogen) atoms. The molecular weight excluding hydrogens is 194 g/mol. The third-order valence-corrected chi connectivity index (χ3v) is 0. The van der Waals surface area contributed by atoms with Crippen LogP contribution in [-0.4, -0.2) is 24.1 Å². The zero-order chi connectivity index (χ0) is 3.58. The molecule has 0 heterocycles. The van der Waals surface area contributed by atoms with Crippen molar-refractivity contribution in [3.63, 3.8) is 0 Å². The van der Waals surface area contributed by atoms with Crippen LogP contribution in [0.4, 0.5) is 0 Å². The summed E-state index contributed by atoms with van der Waals surface area (Å²) < 4.78 is 0. The molecule has 0 aliphatic rings. The first kappa shape index (κ1) is 9.41. The molecule has 33 valence electrons. The van der Waals surface area contributed by atoms with E-state index in [1.807, 2.05) is 0 Å². The van der Waals surface area contributed by atoms with E-state index >= 15 is 0 Å². The Labute approximate surface area is 43.1 Å². The van der Waals surface area contributed by atoms with Crippen LogP contribution in [-0.2, 0) is 0 Å². The predicted molar refractivity (Wildman–Crippen MR) is 26.9 cm³/mol. The molecule has 0 amide bonds. The first-order valence-corrected chi connectivity index (χ1v) is 10.5. The van der Waals surface area contributed by atoms with Crippen LogP contribution in [0.15, 0.2) is 0 Å². The maximum atomic E-state index is 5.47. The van der Waals surface area contributed by atoms with Crippen molar-refractivity contribution in [2.75, 3.05) is 0 Å². The van der Waals surface area contributed by atoms with Crippen LogP contribution in [0.3, 0.4) is 0 Å². The monoisotopic (exact) mass is 203 g/mol. The van der Waals surface area contributed by atoms with Crippen molar-refractivity contribution < 1.29 is 5.48 Å². The van der Waals surface area contributed by atoms with Gasteiger partial charge in [-0.1, -0.05) is 0 Å². The second-order valence-corrected chi connectivity index (χ2v) is 11.0. The van der Waals surface area contributed by atoms with E-state index in [1.165, 1.54) is 0 Å². The van der Waals surface area contributed by atoms with Gasteiger partial charge in [0.05, 0.1) is 0 Å². The second kappa shape index (κ2) is 5.05. The summed E-state index contributed by atoms with van der Waals surface area (Å²) in [5.41, 5.74) is 0. The molecule has 0 unspecified atom stereocenters. The normalized spacial score (nSPS) is 7.20. The van der Waals surface area contributed by atoms with Gasteiger partial charge in [-0.15, -0.1) is 0 Å². The number of rotatable bonds is 0. The van der Waals surface area contributed by atoms with E-state index in [1.54, 1.807) is 0 Å². The van der Waals surface area contributed by atoms with Crippen molar-refractivity contribution in [3.05, 3.63) is 0 Å². The van der Waals surface area contributed by atoms with Gasteiger partial charge in [0.1, 0.15) is 0 Å². The van der Waals surface area contributed by atoms with Crippen LogP contribution in [0.25, 0.3) is 0 Å². The molecule has 0 aliphatic heterocycles. The Hall–Kier alpha value is 1.05. The second-order valence-electron chi connectivity index (χ2n) is 0.878. The van der Waals surface area contributed by atoms with Gasteiger partial charge >= 0.3 is 37.4 Å². The van der Waals surface area contributed by atoms with Crippen LogP contribution >= 0.6 is 8.92 Å². The fraction of sp³-hybridized carbons (Fsp3) is 1.00. The maximum absolute atomic E-state index is 5.47. The molecule has 1 radical (unpaired) electrons. The average Bonchev–Trinajstić information content (AvgIpc) is 0.811. The van der Waals surface area contributed by atoms with E-state index in [4.69, 9.17) is 8.92 Å². The standard InChI is InChI=1S/2CH3.ClH.H2O.Sn/h2*1H3;1H;1H2;/q;;;;+1/p-1. The number of halogens is 1. The molecule has 2 N–H and O–H groups in total. The summed E-state index contributed by atoms with van der Waals surface area (Å²) >= 11 is -1.07. The van der Waals surface area contributed by atoms with Crippen LogP contribution in [0, 0.1) is 0 Å². The quantitative estimate of drug-likeness (QED) is 0.517. The molecule has 0 atom stereocenters. The molecule has 0 aromatic rings. The Morgan fingerprint density at radius 3 is 1.40 bits per heavy atom. The van der Waals surface area contributed by atoms with Gasteiger partial charge in [0, 0.05) is 0 Å². The van der Waals surface area contributed by atoms with Crippen LogP contribution in [0.1, 0.15) is 0 Å². The topological polar surface area (TPSA) is 31.5 Å². The molecule has 1 nitrogen and oxygen atoms in total. The molecule has 0 spiro atoms. The van der Waals surface area contributed by atoms with Crippen molar-refractivity contribution in [1.82, 2.24) is 0 Å². The SMILES string of the molecule is O.[CH3][Sn]([CH3])[Cl]. The Morgan fingerprint density at radius 2 is 1.40 bits per heavy atom. The summed E-state index contributed by atoms with van der Waals surface area (Å²) in [5.74, 6) is 0. The Bertz CT molecular complexity index is 14.4. The minimum absolute atomic E-state index is 0. The zero-order valence-corrected chi connectivity index (χ0v) is 6.99. The van der Waals surface area contributed by atoms with Crippen LogP contribution < -0.4 is 0 Å². The Morgan fingerprint density at radius 1 is 1.40 bits per heavy atom. The summed E-state index contributed by atoms with van der Waals surface area (Å²) in [6.45, 7) is 0. The minimum atomic E-state index is -1.07. The molecule has 0 saturated carbocycles. The van der Waals surface area contributed by atoms with E-state index in [0.29, 0.717) is 0 Å². The molecular formula is C2H8ClOSn. The summed E-state index contributed by atoms with van der Waals surface area (Å²) in [4.78, 5) is 4.26. The molecule has 0 rings (SSSR count). The van der Waals surface area contributed by atoms with Gasteiger partial charge in [-0.25, -0.2) is 0 Å². The van der Waals surface area contributed by atoms with Crippen molar-refractivity contribution in [2.45, 2.75) is 9.88 Å². The first-order valence-electron chi connectivity index (χ1n) is 1.19. The summed E-state index contributed by atoms with van der Waals surface area (Å²) in [5, 5.41) is 0. The van der Waals surface area contributed by atoms with Gasteiger partial charge in [0.25, 0.3) is 0 Å². The first-order chi connectivity index (χ1) is 1.73. The molecule has 0 aliphatic carbocycles. The zero-order valence-electron chi connectivity index (χ0n) is 3.38. The molecule has 3 heteroatoms. The van der Waals surface area contributed by atoms with E-state index in [9.17, 15) is 0 Å². The van der Waals surface area contributed by atoms with Crippen molar-refractivity contribution >= 4 is 27.6 Å². The molecule has 0 bridgehead atoms. The van der Waals surface area contributed by atoms with E-state index in [-0.39, 0.29) is 5.48 Å². The van der Waals surface area contributed by atoms with E-state index in [2.05, 4.69) is 9.88 Å². The summed E-state index contributed by atoms with van der Waals surface area (Å²) in [6.07, 6.45) is 0. The van der Waals surface area contributed by atoms with Crippen LogP contribution in [0.2, 0.25) is 9.88 Å². The van der Waals surface area contributed by atoms with Crippen LogP contribution in [0.5, 0.6) is 0 Å². The molecule has 0 aromatic carbocycles. The Balaban J connectivity index is 0. The number of hydrogen-bond acceptors (Lipinski definition) is 0. The van der Waals surface area contributed by atoms with E-state index in [0.717, 1.165) is 0 Å². The predicted octanol–water partition coefficient (Wildman–Crippen LogP) is 0.652.